The Morgan fingerprint density at radius 1 is 1.36 bits per heavy atom. The zero-order valence-electron chi connectivity index (χ0n) is 8.11. The van der Waals surface area contributed by atoms with Crippen LogP contribution in [-0.4, -0.2) is 23.3 Å². The highest BCUT2D eigenvalue weighted by atomic mass is 16.5. The first-order valence-corrected chi connectivity index (χ1v) is 4.30. The molecule has 1 aromatic rings. The van der Waals surface area contributed by atoms with E-state index >= 15 is 0 Å². The van der Waals surface area contributed by atoms with Crippen molar-refractivity contribution in [3.63, 3.8) is 0 Å². The quantitative estimate of drug-likeness (QED) is 0.538. The summed E-state index contributed by atoms with van der Waals surface area (Å²) < 4.78 is 4.75. The monoisotopic (exact) mass is 193 g/mol. The van der Waals surface area contributed by atoms with E-state index in [1.807, 2.05) is 0 Å². The normalized spacial score (nSPS) is 9.57. The molecule has 1 heterocycles. The van der Waals surface area contributed by atoms with Crippen LogP contribution in [0.25, 0.3) is 0 Å². The zero-order valence-corrected chi connectivity index (χ0v) is 8.11. The van der Waals surface area contributed by atoms with Gasteiger partial charge in [0, 0.05) is 6.92 Å². The van der Waals surface area contributed by atoms with Gasteiger partial charge in [0.05, 0.1) is 6.61 Å². The average Bonchev–Trinajstić information content (AvgIpc) is 2.18. The Bertz CT molecular complexity index is 360. The van der Waals surface area contributed by atoms with Crippen LogP contribution in [0.15, 0.2) is 18.2 Å². The SMILES string of the molecule is CCOC(=O)c1cccc(C(C)=O)n1. The summed E-state index contributed by atoms with van der Waals surface area (Å²) in [5.74, 6) is -0.674. The number of ketones is 1. The number of rotatable bonds is 3. The maximum atomic E-state index is 11.2. The highest BCUT2D eigenvalue weighted by Gasteiger charge is 2.09. The molecule has 4 nitrogen and oxygen atoms in total. The molecule has 74 valence electrons. The van der Waals surface area contributed by atoms with Crippen LogP contribution in [0.2, 0.25) is 0 Å². The van der Waals surface area contributed by atoms with Crippen molar-refractivity contribution in [1.29, 1.82) is 0 Å². The van der Waals surface area contributed by atoms with Crippen LogP contribution in [0.5, 0.6) is 0 Å². The van der Waals surface area contributed by atoms with E-state index in [2.05, 4.69) is 4.98 Å². The van der Waals surface area contributed by atoms with Crippen LogP contribution in [0.4, 0.5) is 0 Å². The van der Waals surface area contributed by atoms with E-state index in [0.717, 1.165) is 0 Å². The van der Waals surface area contributed by atoms with Gasteiger partial charge in [0.25, 0.3) is 0 Å². The van der Waals surface area contributed by atoms with Crippen LogP contribution in [0, 0.1) is 0 Å². The number of hydrogen-bond donors (Lipinski definition) is 0. The van der Waals surface area contributed by atoms with Crippen molar-refractivity contribution in [1.82, 2.24) is 4.98 Å². The van der Waals surface area contributed by atoms with Crippen molar-refractivity contribution < 1.29 is 14.3 Å². The second kappa shape index (κ2) is 4.50. The fourth-order valence-corrected chi connectivity index (χ4v) is 0.950. The van der Waals surface area contributed by atoms with Gasteiger partial charge in [-0.05, 0) is 19.1 Å². The molecule has 0 aliphatic rings. The molecule has 0 atom stereocenters. The molecule has 0 amide bonds. The van der Waals surface area contributed by atoms with Crippen LogP contribution in [0.1, 0.15) is 34.8 Å². The maximum Gasteiger partial charge on any atom is 0.356 e. The van der Waals surface area contributed by atoms with Crippen molar-refractivity contribution in [2.24, 2.45) is 0 Å². The van der Waals surface area contributed by atoms with Crippen LogP contribution < -0.4 is 0 Å². The van der Waals surface area contributed by atoms with E-state index in [0.29, 0.717) is 6.61 Å². The third kappa shape index (κ3) is 2.39. The second-order valence-corrected chi connectivity index (χ2v) is 2.68. The zero-order chi connectivity index (χ0) is 10.6. The van der Waals surface area contributed by atoms with Crippen molar-refractivity contribution in [2.75, 3.05) is 6.61 Å². The van der Waals surface area contributed by atoms with Gasteiger partial charge in [0.15, 0.2) is 5.78 Å². The van der Waals surface area contributed by atoms with E-state index in [9.17, 15) is 9.59 Å². The number of ether oxygens (including phenoxy) is 1. The minimum absolute atomic E-state index is 0.166. The summed E-state index contributed by atoms with van der Waals surface area (Å²) in [7, 11) is 0. The predicted octanol–water partition coefficient (Wildman–Crippen LogP) is 1.46. The number of aromatic nitrogens is 1. The first-order valence-electron chi connectivity index (χ1n) is 4.30. The van der Waals surface area contributed by atoms with Gasteiger partial charge in [-0.2, -0.15) is 0 Å². The highest BCUT2D eigenvalue weighted by molar-refractivity contribution is 5.94. The Kier molecular flexibility index (Phi) is 3.34. The van der Waals surface area contributed by atoms with E-state index in [4.69, 9.17) is 4.74 Å². The molecular formula is C10H11NO3. The number of hydrogen-bond acceptors (Lipinski definition) is 4. The Morgan fingerprint density at radius 2 is 2.00 bits per heavy atom. The van der Waals surface area contributed by atoms with Gasteiger partial charge < -0.3 is 4.74 Å². The standard InChI is InChI=1S/C10H11NO3/c1-3-14-10(13)9-6-4-5-8(11-9)7(2)12/h4-6H,3H2,1-2H3. The van der Waals surface area contributed by atoms with Gasteiger partial charge in [0.1, 0.15) is 11.4 Å². The number of pyridine rings is 1. The summed E-state index contributed by atoms with van der Waals surface area (Å²) in [5.41, 5.74) is 0.440. The van der Waals surface area contributed by atoms with Gasteiger partial charge in [0.2, 0.25) is 0 Å². The molecule has 0 aliphatic heterocycles. The first kappa shape index (κ1) is 10.4. The predicted molar refractivity (Wildman–Crippen MR) is 50.2 cm³/mol. The summed E-state index contributed by atoms with van der Waals surface area (Å²) in [4.78, 5) is 26.1. The fraction of sp³-hybridized carbons (Fsp3) is 0.300. The molecule has 1 aromatic heterocycles. The molecule has 0 spiro atoms. The van der Waals surface area contributed by atoms with E-state index < -0.39 is 5.97 Å². The summed E-state index contributed by atoms with van der Waals surface area (Å²) in [6.45, 7) is 3.41. The number of Topliss-reactive ketones (excluding diaryl/α,β-unsaturated/α-hetero) is 1. The van der Waals surface area contributed by atoms with Gasteiger partial charge in [-0.3, -0.25) is 4.79 Å². The molecule has 0 aromatic carbocycles. The summed E-state index contributed by atoms with van der Waals surface area (Å²) >= 11 is 0. The molecule has 0 saturated heterocycles. The lowest BCUT2D eigenvalue weighted by Gasteiger charge is -2.01. The molecular weight excluding hydrogens is 182 g/mol. The van der Waals surface area contributed by atoms with E-state index in [1.165, 1.54) is 13.0 Å². The van der Waals surface area contributed by atoms with Crippen molar-refractivity contribution >= 4 is 11.8 Å². The lowest BCUT2D eigenvalue weighted by atomic mass is 10.2. The van der Waals surface area contributed by atoms with Gasteiger partial charge in [-0.15, -0.1) is 0 Å². The first-order chi connectivity index (χ1) is 6.65. The molecule has 14 heavy (non-hydrogen) atoms. The number of esters is 1. The maximum absolute atomic E-state index is 11.2. The second-order valence-electron chi connectivity index (χ2n) is 2.68. The largest absolute Gasteiger partial charge is 0.461 e. The molecule has 4 heteroatoms. The molecule has 0 radical (unpaired) electrons. The smallest absolute Gasteiger partial charge is 0.356 e. The van der Waals surface area contributed by atoms with Crippen molar-refractivity contribution in [3.05, 3.63) is 29.6 Å². The van der Waals surface area contributed by atoms with Crippen LogP contribution in [-0.2, 0) is 4.74 Å². The lowest BCUT2D eigenvalue weighted by Crippen LogP contribution is -2.09. The lowest BCUT2D eigenvalue weighted by molar-refractivity contribution is 0.0519. The summed E-state index contributed by atoms with van der Waals surface area (Å²) in [6, 6.07) is 4.69. The van der Waals surface area contributed by atoms with Gasteiger partial charge in [-0.25, -0.2) is 9.78 Å². The van der Waals surface area contributed by atoms with E-state index in [-0.39, 0.29) is 17.2 Å². The molecule has 0 saturated carbocycles. The van der Waals surface area contributed by atoms with Crippen molar-refractivity contribution in [2.45, 2.75) is 13.8 Å². The summed E-state index contributed by atoms with van der Waals surface area (Å²) in [6.07, 6.45) is 0. The number of nitrogens with zero attached hydrogens (tertiary/aromatic N) is 1. The van der Waals surface area contributed by atoms with Crippen LogP contribution in [0.3, 0.4) is 0 Å². The molecule has 0 N–H and O–H groups in total. The number of carbonyl (C=O) groups is 2. The molecule has 0 bridgehead atoms. The molecule has 1 rings (SSSR count). The van der Waals surface area contributed by atoms with Crippen LogP contribution >= 0.6 is 0 Å². The fourth-order valence-electron chi connectivity index (χ4n) is 0.950. The minimum Gasteiger partial charge on any atom is -0.461 e. The Balaban J connectivity index is 2.93. The molecule has 0 unspecified atom stereocenters. The minimum atomic E-state index is -0.504. The molecule has 0 aliphatic carbocycles. The number of carbonyl (C=O) groups excluding carboxylic acids is 2. The Morgan fingerprint density at radius 3 is 2.57 bits per heavy atom. The highest BCUT2D eigenvalue weighted by Crippen LogP contribution is 2.02. The molecule has 0 fully saturated rings. The topological polar surface area (TPSA) is 56.3 Å². The van der Waals surface area contributed by atoms with Gasteiger partial charge >= 0.3 is 5.97 Å². The van der Waals surface area contributed by atoms with Gasteiger partial charge in [-0.1, -0.05) is 6.07 Å². The Labute approximate surface area is 81.9 Å². The third-order valence-electron chi connectivity index (χ3n) is 1.59. The Hall–Kier alpha value is -1.71. The van der Waals surface area contributed by atoms with E-state index in [1.54, 1.807) is 19.1 Å². The third-order valence-corrected chi connectivity index (χ3v) is 1.59. The van der Waals surface area contributed by atoms with Crippen molar-refractivity contribution in [3.8, 4) is 0 Å². The average molecular weight is 193 g/mol. The summed E-state index contributed by atoms with van der Waals surface area (Å²) in [5, 5.41) is 0.